The Morgan fingerprint density at radius 2 is 1.81 bits per heavy atom. The minimum atomic E-state index is -3.62. The van der Waals surface area contributed by atoms with Crippen molar-refractivity contribution >= 4 is 10.0 Å². The van der Waals surface area contributed by atoms with E-state index in [0.29, 0.717) is 18.1 Å². The molecular formula is C18H20N4O3S. The van der Waals surface area contributed by atoms with Crippen molar-refractivity contribution in [1.29, 1.82) is 0 Å². The van der Waals surface area contributed by atoms with Crippen LogP contribution in [0, 0.1) is 0 Å². The Kier molecular flexibility index (Phi) is 5.34. The summed E-state index contributed by atoms with van der Waals surface area (Å²) >= 11 is 0. The van der Waals surface area contributed by atoms with Crippen LogP contribution in [0.5, 0.6) is 5.75 Å². The summed E-state index contributed by atoms with van der Waals surface area (Å²) in [6.07, 6.45) is 3.41. The van der Waals surface area contributed by atoms with Gasteiger partial charge in [-0.2, -0.15) is 5.10 Å². The van der Waals surface area contributed by atoms with Gasteiger partial charge in [-0.25, -0.2) is 13.1 Å². The molecule has 3 rings (SSSR count). The molecule has 0 unspecified atom stereocenters. The Bertz CT molecular complexity index is 967. The number of aromatic nitrogens is 3. The van der Waals surface area contributed by atoms with Crippen LogP contribution in [0.25, 0.3) is 11.3 Å². The van der Waals surface area contributed by atoms with Crippen LogP contribution in [0.1, 0.15) is 12.6 Å². The van der Waals surface area contributed by atoms with Crippen LogP contribution in [-0.2, 0) is 23.6 Å². The molecule has 2 aromatic heterocycles. The lowest BCUT2D eigenvalue weighted by atomic mass is 10.2. The van der Waals surface area contributed by atoms with Crippen molar-refractivity contribution in [3.8, 4) is 17.0 Å². The topological polar surface area (TPSA) is 86.1 Å². The van der Waals surface area contributed by atoms with Crippen LogP contribution in [0.2, 0.25) is 0 Å². The lowest BCUT2D eigenvalue weighted by Gasteiger charge is -2.07. The lowest BCUT2D eigenvalue weighted by Crippen LogP contribution is -2.23. The number of rotatable bonds is 7. The van der Waals surface area contributed by atoms with E-state index in [4.69, 9.17) is 4.74 Å². The van der Waals surface area contributed by atoms with Gasteiger partial charge in [-0.1, -0.05) is 0 Å². The number of nitrogens with zero attached hydrogens (tertiary/aromatic N) is 3. The molecule has 0 aliphatic heterocycles. The normalized spacial score (nSPS) is 11.5. The quantitative estimate of drug-likeness (QED) is 0.688. The largest absolute Gasteiger partial charge is 0.494 e. The van der Waals surface area contributed by atoms with Gasteiger partial charge in [0, 0.05) is 25.0 Å². The van der Waals surface area contributed by atoms with Crippen LogP contribution in [0.3, 0.4) is 0 Å². The number of hydrogen-bond donors (Lipinski definition) is 1. The van der Waals surface area contributed by atoms with Gasteiger partial charge < -0.3 is 4.74 Å². The van der Waals surface area contributed by atoms with Gasteiger partial charge >= 0.3 is 0 Å². The molecule has 3 aromatic rings. The van der Waals surface area contributed by atoms with E-state index in [9.17, 15) is 8.42 Å². The van der Waals surface area contributed by atoms with E-state index in [-0.39, 0.29) is 11.4 Å². The number of nitrogens with one attached hydrogen (secondary N) is 1. The van der Waals surface area contributed by atoms with E-state index >= 15 is 0 Å². The highest BCUT2D eigenvalue weighted by molar-refractivity contribution is 7.89. The third kappa shape index (κ3) is 4.09. The van der Waals surface area contributed by atoms with E-state index in [1.165, 1.54) is 12.1 Å². The van der Waals surface area contributed by atoms with Crippen LogP contribution < -0.4 is 9.46 Å². The number of benzene rings is 1. The van der Waals surface area contributed by atoms with Crippen LogP contribution in [-0.4, -0.2) is 29.8 Å². The predicted molar refractivity (Wildman–Crippen MR) is 98.1 cm³/mol. The highest BCUT2D eigenvalue weighted by atomic mass is 32.2. The van der Waals surface area contributed by atoms with Crippen molar-refractivity contribution in [3.05, 3.63) is 60.6 Å². The number of aryl methyl sites for hydroxylation is 1. The van der Waals surface area contributed by atoms with Gasteiger partial charge in [-0.3, -0.25) is 9.67 Å². The zero-order valence-corrected chi connectivity index (χ0v) is 15.4. The molecule has 0 spiro atoms. The van der Waals surface area contributed by atoms with E-state index < -0.39 is 10.0 Å². The summed E-state index contributed by atoms with van der Waals surface area (Å²) in [5.41, 5.74) is 2.49. The highest BCUT2D eigenvalue weighted by Crippen LogP contribution is 2.20. The summed E-state index contributed by atoms with van der Waals surface area (Å²) in [4.78, 5) is 4.18. The van der Waals surface area contributed by atoms with Crippen LogP contribution in [0.15, 0.2) is 59.8 Å². The maximum atomic E-state index is 12.4. The van der Waals surface area contributed by atoms with Crippen molar-refractivity contribution < 1.29 is 13.2 Å². The first-order chi connectivity index (χ1) is 12.5. The zero-order valence-electron chi connectivity index (χ0n) is 14.6. The zero-order chi connectivity index (χ0) is 18.6. The maximum absolute atomic E-state index is 12.4. The summed E-state index contributed by atoms with van der Waals surface area (Å²) in [5.74, 6) is 0.637. The highest BCUT2D eigenvalue weighted by Gasteiger charge is 2.15. The van der Waals surface area contributed by atoms with Crippen molar-refractivity contribution in [2.45, 2.75) is 18.4 Å². The second-order valence-electron chi connectivity index (χ2n) is 5.61. The molecule has 0 aliphatic rings. The molecule has 136 valence electrons. The van der Waals surface area contributed by atoms with Gasteiger partial charge in [0.1, 0.15) is 5.75 Å². The van der Waals surface area contributed by atoms with Gasteiger partial charge in [0.25, 0.3) is 0 Å². The Labute approximate surface area is 152 Å². The average Bonchev–Trinajstić information content (AvgIpc) is 3.02. The molecule has 1 N–H and O–H groups in total. The molecule has 0 fully saturated rings. The molecule has 0 saturated carbocycles. The number of ether oxygens (including phenoxy) is 1. The van der Waals surface area contributed by atoms with Crippen LogP contribution >= 0.6 is 0 Å². The lowest BCUT2D eigenvalue weighted by molar-refractivity contribution is 0.340. The standard InChI is InChI=1S/C18H20N4O3S/c1-3-25-16-4-6-17(7-5-16)26(23,24)20-13-15-12-18(22(2)21-15)14-8-10-19-11-9-14/h4-12,20H,3,13H2,1-2H3. The van der Waals surface area contributed by atoms with Gasteiger partial charge in [-0.15, -0.1) is 0 Å². The first-order valence-corrected chi connectivity index (χ1v) is 9.64. The Morgan fingerprint density at radius 1 is 1.12 bits per heavy atom. The summed E-state index contributed by atoms with van der Waals surface area (Å²) in [6.45, 7) is 2.51. The van der Waals surface area contributed by atoms with Crippen molar-refractivity contribution in [1.82, 2.24) is 19.5 Å². The molecule has 7 nitrogen and oxygen atoms in total. The fraction of sp³-hybridized carbons (Fsp3) is 0.222. The average molecular weight is 372 g/mol. The molecule has 2 heterocycles. The third-order valence-electron chi connectivity index (χ3n) is 3.79. The minimum absolute atomic E-state index is 0.106. The summed E-state index contributed by atoms with van der Waals surface area (Å²) in [6, 6.07) is 11.9. The molecule has 8 heteroatoms. The molecule has 0 bridgehead atoms. The monoisotopic (exact) mass is 372 g/mol. The summed E-state index contributed by atoms with van der Waals surface area (Å²) in [7, 11) is -1.80. The Balaban J connectivity index is 1.72. The summed E-state index contributed by atoms with van der Waals surface area (Å²) < 4.78 is 34.5. The van der Waals surface area contributed by atoms with E-state index in [1.54, 1.807) is 29.2 Å². The summed E-state index contributed by atoms with van der Waals surface area (Å²) in [5, 5.41) is 4.37. The van der Waals surface area contributed by atoms with Gasteiger partial charge in [0.2, 0.25) is 10.0 Å². The van der Waals surface area contributed by atoms with Crippen molar-refractivity contribution in [2.24, 2.45) is 7.05 Å². The van der Waals surface area contributed by atoms with E-state index in [1.807, 2.05) is 32.2 Å². The SMILES string of the molecule is CCOc1ccc(S(=O)(=O)NCc2cc(-c3ccncc3)n(C)n2)cc1. The second kappa shape index (κ2) is 7.67. The molecule has 0 amide bonds. The molecule has 0 aliphatic carbocycles. The van der Waals surface area contributed by atoms with Crippen LogP contribution in [0.4, 0.5) is 0 Å². The first kappa shape index (κ1) is 18.1. The first-order valence-electron chi connectivity index (χ1n) is 8.15. The molecule has 0 saturated heterocycles. The number of pyridine rings is 1. The van der Waals surface area contributed by atoms with Gasteiger partial charge in [0.15, 0.2) is 0 Å². The van der Waals surface area contributed by atoms with E-state index in [0.717, 1.165) is 11.3 Å². The Hall–Kier alpha value is -2.71. The van der Waals surface area contributed by atoms with Crippen molar-refractivity contribution in [2.75, 3.05) is 6.61 Å². The molecule has 26 heavy (non-hydrogen) atoms. The predicted octanol–water partition coefficient (Wildman–Crippen LogP) is 2.36. The molecule has 0 atom stereocenters. The van der Waals surface area contributed by atoms with Gasteiger partial charge in [-0.05, 0) is 49.4 Å². The number of hydrogen-bond acceptors (Lipinski definition) is 5. The van der Waals surface area contributed by atoms with E-state index in [2.05, 4.69) is 14.8 Å². The minimum Gasteiger partial charge on any atom is -0.494 e. The molecule has 0 radical (unpaired) electrons. The van der Waals surface area contributed by atoms with Gasteiger partial charge in [0.05, 0.1) is 29.4 Å². The second-order valence-corrected chi connectivity index (χ2v) is 7.38. The fourth-order valence-electron chi connectivity index (χ4n) is 2.54. The van der Waals surface area contributed by atoms with Crippen molar-refractivity contribution in [3.63, 3.8) is 0 Å². The number of sulfonamides is 1. The Morgan fingerprint density at radius 3 is 2.46 bits per heavy atom. The molecular weight excluding hydrogens is 352 g/mol. The fourth-order valence-corrected chi connectivity index (χ4v) is 3.54. The maximum Gasteiger partial charge on any atom is 0.240 e. The third-order valence-corrected chi connectivity index (χ3v) is 5.21. The molecule has 1 aromatic carbocycles. The smallest absolute Gasteiger partial charge is 0.240 e.